The molecule has 0 saturated carbocycles. The lowest BCUT2D eigenvalue weighted by Crippen LogP contribution is -2.45. The largest absolute Gasteiger partial charge is 0.341 e. The van der Waals surface area contributed by atoms with Gasteiger partial charge >= 0.3 is 0 Å². The minimum Gasteiger partial charge on any atom is -0.341 e. The number of para-hydroxylation sites is 1. The number of rotatable bonds is 5. The molecule has 1 fully saturated rings. The van der Waals surface area contributed by atoms with Crippen LogP contribution in [0.25, 0.3) is 56.2 Å². The number of nitrogens with zero attached hydrogens (tertiary/aromatic N) is 4. The Morgan fingerprint density at radius 3 is 2.42 bits per heavy atom. The van der Waals surface area contributed by atoms with E-state index in [1.54, 1.807) is 0 Å². The molecule has 1 N–H and O–H groups in total. The molecule has 5 heteroatoms. The van der Waals surface area contributed by atoms with Gasteiger partial charge in [-0.05, 0) is 107 Å². The number of amidine groups is 2. The van der Waals surface area contributed by atoms with Crippen LogP contribution in [-0.4, -0.2) is 28.4 Å². The summed E-state index contributed by atoms with van der Waals surface area (Å²) in [5.41, 5.74) is 12.2. The van der Waals surface area contributed by atoms with Crippen molar-refractivity contribution in [2.24, 2.45) is 27.7 Å². The SMILES string of the molecule is C1=CCC(C2N=C(C3=c4cccc(N5C6=Cc7ccccc7C(n7c8c(c9ccccc97)C=CCC8)C6C6C=CCCC65)c4=CCC3)NC(c3cc4ccccc4c4ccccc34)=N2)C=C1. The second-order valence-corrected chi connectivity index (χ2v) is 19.2. The van der Waals surface area contributed by atoms with Crippen LogP contribution >= 0.6 is 0 Å². The van der Waals surface area contributed by atoms with E-state index in [9.17, 15) is 0 Å². The summed E-state index contributed by atoms with van der Waals surface area (Å²) in [6, 6.07) is 45.9. The third kappa shape index (κ3) is 5.78. The zero-order valence-electron chi connectivity index (χ0n) is 37.0. The molecule has 6 atom stereocenters. The molecule has 1 saturated heterocycles. The van der Waals surface area contributed by atoms with Crippen molar-refractivity contribution in [1.82, 2.24) is 9.88 Å². The van der Waals surface area contributed by atoms with Crippen molar-refractivity contribution in [2.45, 2.75) is 63.2 Å². The number of benzene rings is 6. The van der Waals surface area contributed by atoms with Crippen LogP contribution in [-0.2, 0) is 6.42 Å². The average molecular weight is 854 g/mol. The van der Waals surface area contributed by atoms with Crippen LogP contribution < -0.4 is 20.7 Å². The maximum absolute atomic E-state index is 5.57. The molecule has 14 rings (SSSR count). The summed E-state index contributed by atoms with van der Waals surface area (Å²) in [4.78, 5) is 13.9. The van der Waals surface area contributed by atoms with E-state index in [0.29, 0.717) is 12.0 Å². The van der Waals surface area contributed by atoms with Crippen molar-refractivity contribution >= 4 is 73.6 Å². The first kappa shape index (κ1) is 38.1. The molecule has 0 amide bonds. The van der Waals surface area contributed by atoms with E-state index in [0.717, 1.165) is 62.2 Å². The van der Waals surface area contributed by atoms with E-state index >= 15 is 0 Å². The van der Waals surface area contributed by atoms with Crippen LogP contribution in [0.2, 0.25) is 0 Å². The maximum atomic E-state index is 5.57. The van der Waals surface area contributed by atoms with Gasteiger partial charge in [0.05, 0.1) is 6.04 Å². The lowest BCUT2D eigenvalue weighted by molar-refractivity contribution is 0.341. The van der Waals surface area contributed by atoms with Gasteiger partial charge < -0.3 is 14.8 Å². The lowest BCUT2D eigenvalue weighted by Gasteiger charge is -2.37. The summed E-state index contributed by atoms with van der Waals surface area (Å²) in [6.07, 6.45) is 30.7. The fourth-order valence-corrected chi connectivity index (χ4v) is 13.0. The second kappa shape index (κ2) is 15.2. The predicted octanol–water partition coefficient (Wildman–Crippen LogP) is 12.0. The Hall–Kier alpha value is -7.24. The summed E-state index contributed by atoms with van der Waals surface area (Å²) in [7, 11) is 0. The number of nitrogens with one attached hydrogen (secondary N) is 1. The molecule has 5 nitrogen and oxygen atoms in total. The zero-order valence-corrected chi connectivity index (χ0v) is 37.0. The fourth-order valence-electron chi connectivity index (χ4n) is 13.0. The van der Waals surface area contributed by atoms with E-state index in [4.69, 9.17) is 9.98 Å². The number of aromatic nitrogens is 1. The van der Waals surface area contributed by atoms with Gasteiger partial charge in [-0.25, -0.2) is 9.98 Å². The van der Waals surface area contributed by atoms with Crippen LogP contribution in [0, 0.1) is 17.8 Å². The average Bonchev–Trinajstić information content (AvgIpc) is 3.90. The van der Waals surface area contributed by atoms with E-state index < -0.39 is 0 Å². The summed E-state index contributed by atoms with van der Waals surface area (Å²) in [6.45, 7) is 0. The van der Waals surface area contributed by atoms with Crippen LogP contribution in [0.4, 0.5) is 5.69 Å². The van der Waals surface area contributed by atoms with E-state index in [2.05, 4.69) is 197 Å². The third-order valence-electron chi connectivity index (χ3n) is 15.8. The molecule has 1 aromatic heterocycles. The number of anilines is 1. The van der Waals surface area contributed by atoms with Crippen molar-refractivity contribution in [1.29, 1.82) is 0 Å². The fraction of sp³-hybridized carbons (Fsp3) is 0.213. The first-order chi connectivity index (χ1) is 32.8. The Labute approximate surface area is 385 Å². The predicted molar refractivity (Wildman–Crippen MR) is 275 cm³/mol. The Balaban J connectivity index is 0.936. The van der Waals surface area contributed by atoms with Crippen LogP contribution in [0.15, 0.2) is 180 Å². The van der Waals surface area contributed by atoms with Gasteiger partial charge in [0.2, 0.25) is 0 Å². The van der Waals surface area contributed by atoms with E-state index in [1.165, 1.54) is 82.2 Å². The molecule has 2 aliphatic heterocycles. The highest BCUT2D eigenvalue weighted by Crippen LogP contribution is 2.56. The number of hydrogen-bond donors (Lipinski definition) is 1. The van der Waals surface area contributed by atoms with Crippen molar-refractivity contribution < 1.29 is 0 Å². The van der Waals surface area contributed by atoms with Gasteiger partial charge in [0.25, 0.3) is 0 Å². The highest BCUT2D eigenvalue weighted by atomic mass is 15.2. The lowest BCUT2D eigenvalue weighted by atomic mass is 9.74. The second-order valence-electron chi connectivity index (χ2n) is 19.2. The number of allylic oxidation sites excluding steroid dienone is 6. The minimum absolute atomic E-state index is 0.178. The van der Waals surface area contributed by atoms with Gasteiger partial charge in [0.15, 0.2) is 6.17 Å². The van der Waals surface area contributed by atoms with Gasteiger partial charge in [-0.2, -0.15) is 0 Å². The summed E-state index contributed by atoms with van der Waals surface area (Å²) < 4.78 is 2.78. The van der Waals surface area contributed by atoms with Gasteiger partial charge in [-0.3, -0.25) is 0 Å². The molecule has 7 aliphatic rings. The minimum atomic E-state index is -0.239. The Morgan fingerprint density at radius 2 is 1.50 bits per heavy atom. The molecule has 0 bridgehead atoms. The highest BCUT2D eigenvalue weighted by Gasteiger charge is 2.52. The quantitative estimate of drug-likeness (QED) is 0.138. The van der Waals surface area contributed by atoms with E-state index in [-0.39, 0.29) is 24.0 Å². The zero-order chi connectivity index (χ0) is 43.3. The molecular weight excluding hydrogens is 803 g/mol. The molecule has 0 spiro atoms. The monoisotopic (exact) mass is 853 g/mol. The topological polar surface area (TPSA) is 44.9 Å². The number of hydrogen-bond acceptors (Lipinski definition) is 4. The molecule has 7 aromatic rings. The van der Waals surface area contributed by atoms with Crippen LogP contribution in [0.5, 0.6) is 0 Å². The van der Waals surface area contributed by atoms with E-state index in [1.807, 2.05) is 0 Å². The van der Waals surface area contributed by atoms with Crippen LogP contribution in [0.1, 0.15) is 72.5 Å². The molecule has 66 heavy (non-hydrogen) atoms. The summed E-state index contributed by atoms with van der Waals surface area (Å²) >= 11 is 0. The Bertz CT molecular complexity index is 3550. The van der Waals surface area contributed by atoms with Crippen molar-refractivity contribution in [3.8, 4) is 0 Å². The van der Waals surface area contributed by atoms with Crippen molar-refractivity contribution in [3.63, 3.8) is 0 Å². The van der Waals surface area contributed by atoms with Crippen molar-refractivity contribution in [2.75, 3.05) is 4.90 Å². The normalized spacial score (nSPS) is 24.8. The van der Waals surface area contributed by atoms with Crippen molar-refractivity contribution in [3.05, 3.63) is 208 Å². The third-order valence-corrected chi connectivity index (χ3v) is 15.8. The number of aliphatic imine (C=N–C) groups is 2. The molecule has 6 aromatic carbocycles. The summed E-state index contributed by atoms with van der Waals surface area (Å²) in [5.74, 6) is 2.70. The molecular formula is C61H51N5. The molecule has 3 heterocycles. The number of fused-ring (bicyclic) bond motifs is 11. The first-order valence-electron chi connectivity index (χ1n) is 24.3. The van der Waals surface area contributed by atoms with Gasteiger partial charge in [-0.15, -0.1) is 0 Å². The highest BCUT2D eigenvalue weighted by molar-refractivity contribution is 6.29. The molecule has 6 unspecified atom stereocenters. The molecule has 5 aliphatic carbocycles. The van der Waals surface area contributed by atoms with Crippen LogP contribution in [0.3, 0.4) is 0 Å². The Morgan fingerprint density at radius 1 is 0.667 bits per heavy atom. The Kier molecular flexibility index (Phi) is 8.75. The molecule has 0 radical (unpaired) electrons. The first-order valence-corrected chi connectivity index (χ1v) is 24.3. The maximum Gasteiger partial charge on any atom is 0.150 e. The smallest absolute Gasteiger partial charge is 0.150 e. The molecule has 320 valence electrons. The van der Waals surface area contributed by atoms with Gasteiger partial charge in [-0.1, -0.05) is 158 Å². The standard InChI is InChI=1S/C61H51N5/c1-2-18-38(19-3-1)59-62-60(64-61(63-59)51-36-39-20-4-6-22-41(39)43-24-8-9-25-44(43)51)49-31-16-30-46-45(49)29-17-35-52(46)65-55-34-15-12-28-50(55)57-56(65)37-40-21-5-7-23-42(40)58(57)66-53-32-13-10-26-47(53)48-27-11-14-33-54(48)66/h1-13,17-18,20-30,32,35-38,50,55,57-59H,14-16,19,31,33-34H2,(H,62,63,64). The van der Waals surface area contributed by atoms with Gasteiger partial charge in [0, 0.05) is 73.7 Å². The summed E-state index contributed by atoms with van der Waals surface area (Å²) in [5, 5.41) is 12.8. The van der Waals surface area contributed by atoms with Gasteiger partial charge in [0.1, 0.15) is 11.7 Å².